The van der Waals surface area contributed by atoms with Gasteiger partial charge in [-0.3, -0.25) is 14.5 Å². The van der Waals surface area contributed by atoms with Gasteiger partial charge in [-0.1, -0.05) is 20.8 Å². The number of likely N-dealkylation sites (tertiary alicyclic amines) is 1. The van der Waals surface area contributed by atoms with E-state index >= 15 is 0 Å². The van der Waals surface area contributed by atoms with Crippen LogP contribution in [0.5, 0.6) is 0 Å². The molecule has 0 spiro atoms. The lowest BCUT2D eigenvalue weighted by Crippen LogP contribution is -2.31. The lowest BCUT2D eigenvalue weighted by atomic mass is 10.4. The van der Waals surface area contributed by atoms with Crippen molar-refractivity contribution >= 4 is 24.4 Å². The molecule has 76 valence electrons. The highest BCUT2D eigenvalue weighted by Gasteiger charge is 2.35. The molecule has 0 aliphatic carbocycles. The third kappa shape index (κ3) is 3.03. The average Bonchev–Trinajstić information content (AvgIpc) is 2.36. The number of thiol groups is 1. The monoisotopic (exact) mass is 203 g/mol. The standard InChI is InChI=1S/C7H11NO2S.C2H6/c1-2-3-8-6(9)4-5(11)7(8)10;1-2/h5,11H,2-4H2,1H3;1-2H3. The van der Waals surface area contributed by atoms with Crippen molar-refractivity contribution in [1.82, 2.24) is 4.90 Å². The van der Waals surface area contributed by atoms with Crippen LogP contribution in [-0.4, -0.2) is 28.5 Å². The van der Waals surface area contributed by atoms with Crippen LogP contribution < -0.4 is 0 Å². The normalized spacial score (nSPS) is 21.5. The minimum Gasteiger partial charge on any atom is -0.282 e. The molecular formula is C9H17NO2S. The van der Waals surface area contributed by atoms with Crippen molar-refractivity contribution < 1.29 is 9.59 Å². The zero-order chi connectivity index (χ0) is 10.4. The summed E-state index contributed by atoms with van der Waals surface area (Å²) >= 11 is 3.99. The molecule has 0 aromatic carbocycles. The number of nitrogens with zero attached hydrogens (tertiary/aromatic N) is 1. The zero-order valence-electron chi connectivity index (χ0n) is 8.41. The maximum absolute atomic E-state index is 11.1. The van der Waals surface area contributed by atoms with Gasteiger partial charge in [0.25, 0.3) is 0 Å². The second-order valence-corrected chi connectivity index (χ2v) is 3.23. The first-order valence-electron chi connectivity index (χ1n) is 4.69. The Bertz CT molecular complexity index is 194. The predicted molar refractivity (Wildman–Crippen MR) is 55.8 cm³/mol. The molecule has 1 atom stereocenters. The molecule has 0 aromatic heterocycles. The number of hydrogen-bond donors (Lipinski definition) is 1. The van der Waals surface area contributed by atoms with Crippen molar-refractivity contribution in [2.45, 2.75) is 38.9 Å². The van der Waals surface area contributed by atoms with E-state index in [9.17, 15) is 9.59 Å². The quantitative estimate of drug-likeness (QED) is 0.545. The fourth-order valence-corrected chi connectivity index (χ4v) is 1.42. The van der Waals surface area contributed by atoms with Gasteiger partial charge in [0.15, 0.2) is 0 Å². The van der Waals surface area contributed by atoms with Crippen LogP contribution >= 0.6 is 12.6 Å². The largest absolute Gasteiger partial charge is 0.282 e. The van der Waals surface area contributed by atoms with Crippen LogP contribution in [0.3, 0.4) is 0 Å². The van der Waals surface area contributed by atoms with E-state index in [1.807, 2.05) is 20.8 Å². The molecule has 2 amide bonds. The first-order chi connectivity index (χ1) is 6.16. The first-order valence-corrected chi connectivity index (χ1v) is 5.20. The topological polar surface area (TPSA) is 37.4 Å². The number of carbonyl (C=O) groups excluding carboxylic acids is 2. The van der Waals surface area contributed by atoms with E-state index in [-0.39, 0.29) is 18.2 Å². The molecule has 0 N–H and O–H groups in total. The van der Waals surface area contributed by atoms with E-state index < -0.39 is 5.25 Å². The highest BCUT2D eigenvalue weighted by atomic mass is 32.1. The lowest BCUT2D eigenvalue weighted by Gasteiger charge is -2.11. The van der Waals surface area contributed by atoms with Crippen molar-refractivity contribution in [2.75, 3.05) is 6.54 Å². The van der Waals surface area contributed by atoms with Crippen molar-refractivity contribution in [3.05, 3.63) is 0 Å². The molecular weight excluding hydrogens is 186 g/mol. The molecule has 1 fully saturated rings. The smallest absolute Gasteiger partial charge is 0.242 e. The number of imide groups is 1. The van der Waals surface area contributed by atoms with Crippen molar-refractivity contribution in [3.63, 3.8) is 0 Å². The molecule has 3 nitrogen and oxygen atoms in total. The highest BCUT2D eigenvalue weighted by molar-refractivity contribution is 7.81. The Morgan fingerprint density at radius 1 is 1.46 bits per heavy atom. The van der Waals surface area contributed by atoms with Gasteiger partial charge in [0.1, 0.15) is 0 Å². The average molecular weight is 203 g/mol. The molecule has 0 radical (unpaired) electrons. The van der Waals surface area contributed by atoms with E-state index in [1.165, 1.54) is 4.90 Å². The minimum atomic E-state index is -0.394. The van der Waals surface area contributed by atoms with Gasteiger partial charge in [0, 0.05) is 13.0 Å². The Balaban J connectivity index is 0.000000671. The summed E-state index contributed by atoms with van der Waals surface area (Å²) < 4.78 is 0. The maximum Gasteiger partial charge on any atom is 0.242 e. The molecule has 4 heteroatoms. The van der Waals surface area contributed by atoms with Crippen molar-refractivity contribution in [1.29, 1.82) is 0 Å². The van der Waals surface area contributed by atoms with E-state index in [0.29, 0.717) is 6.54 Å². The summed E-state index contributed by atoms with van der Waals surface area (Å²) in [5, 5.41) is -0.394. The second-order valence-electron chi connectivity index (χ2n) is 2.60. The van der Waals surface area contributed by atoms with Gasteiger partial charge in [0.05, 0.1) is 5.25 Å². The van der Waals surface area contributed by atoms with E-state index in [0.717, 1.165) is 6.42 Å². The van der Waals surface area contributed by atoms with Gasteiger partial charge >= 0.3 is 0 Å². The molecule has 0 aromatic rings. The summed E-state index contributed by atoms with van der Waals surface area (Å²) in [5.74, 6) is -0.225. The van der Waals surface area contributed by atoms with E-state index in [2.05, 4.69) is 12.6 Å². The highest BCUT2D eigenvalue weighted by Crippen LogP contribution is 2.17. The minimum absolute atomic E-state index is 0.0862. The molecule has 13 heavy (non-hydrogen) atoms. The molecule has 1 saturated heterocycles. The van der Waals surface area contributed by atoms with Crippen LogP contribution in [0.4, 0.5) is 0 Å². The van der Waals surface area contributed by atoms with E-state index in [1.54, 1.807) is 0 Å². The Morgan fingerprint density at radius 3 is 2.31 bits per heavy atom. The fraction of sp³-hybridized carbons (Fsp3) is 0.778. The van der Waals surface area contributed by atoms with E-state index in [4.69, 9.17) is 0 Å². The molecule has 1 heterocycles. The van der Waals surface area contributed by atoms with Gasteiger partial charge in [-0.25, -0.2) is 0 Å². The SMILES string of the molecule is CC.CCCN1C(=O)CC(S)C1=O. The summed E-state index contributed by atoms with van der Waals surface area (Å²) in [5.41, 5.74) is 0. The number of carbonyl (C=O) groups is 2. The molecule has 0 saturated carbocycles. The number of rotatable bonds is 2. The molecule has 0 bridgehead atoms. The van der Waals surface area contributed by atoms with Gasteiger partial charge in [-0.05, 0) is 6.42 Å². The molecule has 1 aliphatic heterocycles. The molecule has 1 unspecified atom stereocenters. The Labute approximate surface area is 84.9 Å². The Hall–Kier alpha value is -0.510. The van der Waals surface area contributed by atoms with Crippen LogP contribution in [0, 0.1) is 0 Å². The fourth-order valence-electron chi connectivity index (χ4n) is 1.12. The number of amides is 2. The summed E-state index contributed by atoms with van der Waals surface area (Å²) in [6, 6.07) is 0. The molecule has 1 aliphatic rings. The van der Waals surface area contributed by atoms with Crippen LogP contribution in [-0.2, 0) is 9.59 Å². The second kappa shape index (κ2) is 6.02. The summed E-state index contributed by atoms with van der Waals surface area (Å²) in [6.45, 7) is 6.47. The van der Waals surface area contributed by atoms with Crippen LogP contribution in [0.2, 0.25) is 0 Å². The molecule has 1 rings (SSSR count). The summed E-state index contributed by atoms with van der Waals surface area (Å²) in [4.78, 5) is 23.5. The first kappa shape index (κ1) is 12.5. The zero-order valence-corrected chi connectivity index (χ0v) is 9.30. The third-order valence-electron chi connectivity index (χ3n) is 1.67. The Kier molecular flexibility index (Phi) is 5.79. The van der Waals surface area contributed by atoms with Crippen LogP contribution in [0.25, 0.3) is 0 Å². The summed E-state index contributed by atoms with van der Waals surface area (Å²) in [7, 11) is 0. The van der Waals surface area contributed by atoms with Gasteiger partial charge in [-0.2, -0.15) is 12.6 Å². The van der Waals surface area contributed by atoms with Crippen molar-refractivity contribution in [3.8, 4) is 0 Å². The summed E-state index contributed by atoms with van der Waals surface area (Å²) in [6.07, 6.45) is 1.08. The predicted octanol–water partition coefficient (Wildman–Crippen LogP) is 1.48. The maximum atomic E-state index is 11.1. The Morgan fingerprint density at radius 2 is 2.00 bits per heavy atom. The van der Waals surface area contributed by atoms with Crippen molar-refractivity contribution in [2.24, 2.45) is 0 Å². The lowest BCUT2D eigenvalue weighted by molar-refractivity contribution is -0.138. The van der Waals surface area contributed by atoms with Gasteiger partial charge in [-0.15, -0.1) is 0 Å². The third-order valence-corrected chi connectivity index (χ3v) is 2.07. The van der Waals surface area contributed by atoms with Gasteiger partial charge in [0.2, 0.25) is 11.8 Å². The van der Waals surface area contributed by atoms with Crippen LogP contribution in [0.15, 0.2) is 0 Å². The van der Waals surface area contributed by atoms with Gasteiger partial charge < -0.3 is 0 Å². The van der Waals surface area contributed by atoms with Crippen LogP contribution in [0.1, 0.15) is 33.6 Å². The number of hydrogen-bond acceptors (Lipinski definition) is 3.